The fourth-order valence-corrected chi connectivity index (χ4v) is 1.81. The van der Waals surface area contributed by atoms with Gasteiger partial charge in [-0.25, -0.2) is 4.79 Å². The molecule has 1 aromatic rings. The predicted octanol–water partition coefficient (Wildman–Crippen LogP) is 1.44. The van der Waals surface area contributed by atoms with Crippen LogP contribution in [0.4, 0.5) is 16.2 Å². The van der Waals surface area contributed by atoms with Gasteiger partial charge in [0, 0.05) is 13.1 Å². The number of rotatable bonds is 1. The third-order valence-electron chi connectivity index (χ3n) is 2.84. The molecule has 92 valence electrons. The van der Waals surface area contributed by atoms with Gasteiger partial charge in [0.25, 0.3) is 0 Å². The Morgan fingerprint density at radius 3 is 2.76 bits per heavy atom. The molecule has 2 amide bonds. The van der Waals surface area contributed by atoms with E-state index in [2.05, 4.69) is 5.32 Å². The van der Waals surface area contributed by atoms with Crippen LogP contribution >= 0.6 is 0 Å². The minimum absolute atomic E-state index is 0.116. The Bertz CT molecular complexity index is 394. The van der Waals surface area contributed by atoms with Gasteiger partial charge in [-0.2, -0.15) is 0 Å². The number of carbonyl (C=O) groups excluding carboxylic acids is 1. The number of anilines is 2. The number of para-hydroxylation sites is 1. The molecule has 0 unspecified atom stereocenters. The van der Waals surface area contributed by atoms with Crippen LogP contribution in [-0.2, 0) is 4.74 Å². The molecule has 0 spiro atoms. The summed E-state index contributed by atoms with van der Waals surface area (Å²) in [7, 11) is 0. The van der Waals surface area contributed by atoms with Gasteiger partial charge in [-0.3, -0.25) is 0 Å². The van der Waals surface area contributed by atoms with Crippen LogP contribution in [0.25, 0.3) is 0 Å². The number of nitrogens with two attached hydrogens (primary N) is 1. The predicted molar refractivity (Wildman–Crippen MR) is 67.0 cm³/mol. The van der Waals surface area contributed by atoms with Crippen molar-refractivity contribution in [2.24, 2.45) is 0 Å². The van der Waals surface area contributed by atoms with Gasteiger partial charge in [0.15, 0.2) is 0 Å². The number of hydrogen-bond acceptors (Lipinski definition) is 3. The van der Waals surface area contributed by atoms with Crippen molar-refractivity contribution in [3.05, 3.63) is 23.8 Å². The number of carbonyl (C=O) groups is 1. The third kappa shape index (κ3) is 2.68. The van der Waals surface area contributed by atoms with Gasteiger partial charge in [-0.05, 0) is 18.6 Å². The number of urea groups is 1. The van der Waals surface area contributed by atoms with E-state index in [1.54, 1.807) is 11.0 Å². The lowest BCUT2D eigenvalue weighted by Gasteiger charge is -2.27. The lowest BCUT2D eigenvalue weighted by molar-refractivity contribution is 0.0564. The van der Waals surface area contributed by atoms with E-state index in [-0.39, 0.29) is 6.03 Å². The van der Waals surface area contributed by atoms with E-state index in [0.29, 0.717) is 37.7 Å². The maximum Gasteiger partial charge on any atom is 0.322 e. The molecule has 3 N–H and O–H groups in total. The van der Waals surface area contributed by atoms with Crippen LogP contribution in [0.5, 0.6) is 0 Å². The summed E-state index contributed by atoms with van der Waals surface area (Å²) in [5, 5.41) is 2.85. The Hall–Kier alpha value is -1.75. The molecule has 0 saturated carbocycles. The second-order valence-corrected chi connectivity index (χ2v) is 4.07. The summed E-state index contributed by atoms with van der Waals surface area (Å²) < 4.78 is 5.20. The zero-order valence-electron chi connectivity index (χ0n) is 9.90. The molecule has 1 aromatic carbocycles. The molecule has 1 saturated heterocycles. The molecule has 5 nitrogen and oxygen atoms in total. The molecule has 5 heteroatoms. The van der Waals surface area contributed by atoms with Crippen LogP contribution in [-0.4, -0.2) is 37.2 Å². The van der Waals surface area contributed by atoms with Crippen molar-refractivity contribution in [2.75, 3.05) is 37.4 Å². The molecule has 1 fully saturated rings. The fourth-order valence-electron chi connectivity index (χ4n) is 1.81. The molecule has 0 aromatic heterocycles. The van der Waals surface area contributed by atoms with E-state index in [4.69, 9.17) is 10.5 Å². The summed E-state index contributed by atoms with van der Waals surface area (Å²) in [4.78, 5) is 13.7. The first-order valence-corrected chi connectivity index (χ1v) is 5.67. The summed E-state index contributed by atoms with van der Waals surface area (Å²) in [6, 6.07) is 5.46. The van der Waals surface area contributed by atoms with E-state index in [1.807, 2.05) is 19.1 Å². The second-order valence-electron chi connectivity index (χ2n) is 4.07. The molecule has 0 radical (unpaired) electrons. The monoisotopic (exact) mass is 235 g/mol. The first-order chi connectivity index (χ1) is 8.18. The molecule has 0 bridgehead atoms. The number of nitrogens with zero attached hydrogens (tertiary/aromatic N) is 1. The molecular weight excluding hydrogens is 218 g/mol. The van der Waals surface area contributed by atoms with Crippen molar-refractivity contribution in [3.8, 4) is 0 Å². The SMILES string of the molecule is Cc1cccc(N)c1NC(=O)N1CCOCC1. The highest BCUT2D eigenvalue weighted by Gasteiger charge is 2.17. The summed E-state index contributed by atoms with van der Waals surface area (Å²) >= 11 is 0. The van der Waals surface area contributed by atoms with E-state index >= 15 is 0 Å². The molecule has 1 aliphatic rings. The van der Waals surface area contributed by atoms with Gasteiger partial charge in [0.05, 0.1) is 24.6 Å². The van der Waals surface area contributed by atoms with Crippen LogP contribution < -0.4 is 11.1 Å². The van der Waals surface area contributed by atoms with Gasteiger partial charge < -0.3 is 20.7 Å². The first-order valence-electron chi connectivity index (χ1n) is 5.67. The normalized spacial score (nSPS) is 15.7. The van der Waals surface area contributed by atoms with Gasteiger partial charge in [-0.1, -0.05) is 12.1 Å². The van der Waals surface area contributed by atoms with Crippen molar-refractivity contribution < 1.29 is 9.53 Å². The summed E-state index contributed by atoms with van der Waals surface area (Å²) in [5.74, 6) is 0. The van der Waals surface area contributed by atoms with Crippen LogP contribution in [0, 0.1) is 6.92 Å². The topological polar surface area (TPSA) is 67.6 Å². The van der Waals surface area contributed by atoms with Crippen molar-refractivity contribution in [3.63, 3.8) is 0 Å². The van der Waals surface area contributed by atoms with E-state index in [1.165, 1.54) is 0 Å². The highest BCUT2D eigenvalue weighted by atomic mass is 16.5. The van der Waals surface area contributed by atoms with E-state index in [0.717, 1.165) is 5.56 Å². The Morgan fingerprint density at radius 1 is 1.41 bits per heavy atom. The Balaban J connectivity index is 2.07. The number of morpholine rings is 1. The van der Waals surface area contributed by atoms with Crippen LogP contribution in [0.15, 0.2) is 18.2 Å². The number of aryl methyl sites for hydroxylation is 1. The standard InChI is InChI=1S/C12H17N3O2/c1-9-3-2-4-10(13)11(9)14-12(16)15-5-7-17-8-6-15/h2-4H,5-8,13H2,1H3,(H,14,16). The number of nitrogen functional groups attached to an aromatic ring is 1. The Kier molecular flexibility index (Phi) is 3.49. The van der Waals surface area contributed by atoms with Gasteiger partial charge in [0.1, 0.15) is 0 Å². The molecule has 0 atom stereocenters. The van der Waals surface area contributed by atoms with Gasteiger partial charge in [0.2, 0.25) is 0 Å². The summed E-state index contributed by atoms with van der Waals surface area (Å²) in [6.07, 6.45) is 0. The highest BCUT2D eigenvalue weighted by Crippen LogP contribution is 2.22. The third-order valence-corrected chi connectivity index (χ3v) is 2.84. The number of hydrogen-bond donors (Lipinski definition) is 2. The number of ether oxygens (including phenoxy) is 1. The molecule has 0 aliphatic carbocycles. The summed E-state index contributed by atoms with van der Waals surface area (Å²) in [5.41, 5.74) is 8.09. The summed E-state index contributed by atoms with van der Waals surface area (Å²) in [6.45, 7) is 4.36. The van der Waals surface area contributed by atoms with Crippen molar-refractivity contribution in [1.82, 2.24) is 4.90 Å². The zero-order valence-corrected chi connectivity index (χ0v) is 9.90. The molecule has 2 rings (SSSR count). The molecular formula is C12H17N3O2. The maximum absolute atomic E-state index is 12.0. The largest absolute Gasteiger partial charge is 0.397 e. The van der Waals surface area contributed by atoms with Crippen LogP contribution in [0.2, 0.25) is 0 Å². The molecule has 17 heavy (non-hydrogen) atoms. The molecule has 1 aliphatic heterocycles. The van der Waals surface area contributed by atoms with Gasteiger partial charge >= 0.3 is 6.03 Å². The van der Waals surface area contributed by atoms with Crippen molar-refractivity contribution in [2.45, 2.75) is 6.92 Å². The van der Waals surface area contributed by atoms with Crippen molar-refractivity contribution >= 4 is 17.4 Å². The smallest absolute Gasteiger partial charge is 0.322 e. The molecule has 1 heterocycles. The zero-order chi connectivity index (χ0) is 12.3. The average Bonchev–Trinajstić information content (AvgIpc) is 2.35. The van der Waals surface area contributed by atoms with E-state index < -0.39 is 0 Å². The number of nitrogens with one attached hydrogen (secondary N) is 1. The van der Waals surface area contributed by atoms with E-state index in [9.17, 15) is 4.79 Å². The number of amides is 2. The van der Waals surface area contributed by atoms with Crippen molar-refractivity contribution in [1.29, 1.82) is 0 Å². The Labute approximate surface area is 101 Å². The minimum Gasteiger partial charge on any atom is -0.397 e. The highest BCUT2D eigenvalue weighted by molar-refractivity contribution is 5.93. The minimum atomic E-state index is -0.116. The Morgan fingerprint density at radius 2 is 2.12 bits per heavy atom. The number of benzene rings is 1. The van der Waals surface area contributed by atoms with Crippen LogP contribution in [0.3, 0.4) is 0 Å². The first kappa shape index (κ1) is 11.7. The average molecular weight is 235 g/mol. The maximum atomic E-state index is 12.0. The van der Waals surface area contributed by atoms with Crippen LogP contribution in [0.1, 0.15) is 5.56 Å². The van der Waals surface area contributed by atoms with Gasteiger partial charge in [-0.15, -0.1) is 0 Å². The quantitative estimate of drug-likeness (QED) is 0.724. The fraction of sp³-hybridized carbons (Fsp3) is 0.417. The lowest BCUT2D eigenvalue weighted by atomic mass is 10.1. The lowest BCUT2D eigenvalue weighted by Crippen LogP contribution is -2.43. The second kappa shape index (κ2) is 5.05.